The second-order valence-electron chi connectivity index (χ2n) is 5.27. The second kappa shape index (κ2) is 7.09. The van der Waals surface area contributed by atoms with Gasteiger partial charge in [-0.3, -0.25) is 0 Å². The first kappa shape index (κ1) is 16.0. The zero-order chi connectivity index (χ0) is 15.4. The molecule has 2 rings (SSSR count). The highest BCUT2D eigenvalue weighted by Gasteiger charge is 2.11. The molecule has 5 heteroatoms. The third kappa shape index (κ3) is 4.08. The monoisotopic (exact) mass is 323 g/mol. The molecule has 0 aliphatic carbocycles. The lowest BCUT2D eigenvalue weighted by Gasteiger charge is -2.14. The van der Waals surface area contributed by atoms with Crippen molar-refractivity contribution in [3.63, 3.8) is 0 Å². The van der Waals surface area contributed by atoms with Crippen LogP contribution in [0.4, 0.5) is 0 Å². The maximum absolute atomic E-state index is 5.83. The summed E-state index contributed by atoms with van der Waals surface area (Å²) >= 11 is 6.79. The van der Waals surface area contributed by atoms with Gasteiger partial charge in [0, 0.05) is 5.69 Å². The topological polar surface area (TPSA) is 34.2 Å². The highest BCUT2D eigenvalue weighted by Crippen LogP contribution is 2.36. The zero-order valence-electron chi connectivity index (χ0n) is 12.9. The number of benzene rings is 1. The lowest BCUT2D eigenvalue weighted by molar-refractivity contribution is 0.248. The van der Waals surface area contributed by atoms with Crippen molar-refractivity contribution < 1.29 is 9.47 Å². The molecule has 1 aromatic carbocycles. The van der Waals surface area contributed by atoms with Crippen molar-refractivity contribution in [1.82, 2.24) is 4.98 Å². The van der Waals surface area contributed by atoms with E-state index in [1.54, 1.807) is 11.3 Å². The van der Waals surface area contributed by atoms with Crippen molar-refractivity contribution in [3.8, 4) is 21.9 Å². The molecule has 1 aromatic heterocycles. The molecule has 2 aromatic rings. The van der Waals surface area contributed by atoms with Gasteiger partial charge in [-0.1, -0.05) is 13.8 Å². The van der Waals surface area contributed by atoms with Gasteiger partial charge in [-0.15, -0.1) is 11.3 Å². The van der Waals surface area contributed by atoms with Crippen LogP contribution in [0.25, 0.3) is 10.4 Å². The van der Waals surface area contributed by atoms with E-state index in [0.29, 0.717) is 19.1 Å². The summed E-state index contributed by atoms with van der Waals surface area (Å²) < 4.78 is 12.3. The molecule has 114 valence electrons. The summed E-state index contributed by atoms with van der Waals surface area (Å²) in [4.78, 5) is 4.32. The van der Waals surface area contributed by atoms with Crippen molar-refractivity contribution in [2.45, 2.75) is 27.7 Å². The molecule has 0 saturated carbocycles. The molecule has 0 fully saturated rings. The Hall–Kier alpha value is -1.33. The first-order valence-corrected chi connectivity index (χ1v) is 8.33. The number of aromatic nitrogens is 1. The standard InChI is InChI=1S/C16H21NO2S2/c1-5-18-14-8-12(15-11(4)17-16(20)21-15)6-7-13(14)19-9-10(2)3/h6-8,10H,5,9H2,1-4H3,(H,17,20). The molecule has 0 aliphatic heterocycles. The summed E-state index contributed by atoms with van der Waals surface area (Å²) in [5.74, 6) is 2.07. The number of hydrogen-bond donors (Lipinski definition) is 1. The third-order valence-corrected chi connectivity index (χ3v) is 4.29. The summed E-state index contributed by atoms with van der Waals surface area (Å²) in [6, 6.07) is 6.06. The maximum atomic E-state index is 5.83. The maximum Gasteiger partial charge on any atom is 0.161 e. The Morgan fingerprint density at radius 2 is 2.00 bits per heavy atom. The van der Waals surface area contributed by atoms with E-state index in [0.717, 1.165) is 31.6 Å². The smallest absolute Gasteiger partial charge is 0.161 e. The quantitative estimate of drug-likeness (QED) is 0.741. The molecule has 1 N–H and O–H groups in total. The van der Waals surface area contributed by atoms with Gasteiger partial charge >= 0.3 is 0 Å². The van der Waals surface area contributed by atoms with Gasteiger partial charge in [0.2, 0.25) is 0 Å². The Kier molecular flexibility index (Phi) is 5.42. The Bertz CT molecular complexity index is 659. The minimum absolute atomic E-state index is 0.482. The minimum Gasteiger partial charge on any atom is -0.490 e. The molecule has 0 bridgehead atoms. The number of aromatic amines is 1. The van der Waals surface area contributed by atoms with E-state index < -0.39 is 0 Å². The molecule has 21 heavy (non-hydrogen) atoms. The van der Waals surface area contributed by atoms with Crippen LogP contribution in [0.5, 0.6) is 11.5 Å². The first-order valence-electron chi connectivity index (χ1n) is 7.11. The van der Waals surface area contributed by atoms with Gasteiger partial charge in [0.15, 0.2) is 15.5 Å². The van der Waals surface area contributed by atoms with Crippen LogP contribution in [0.2, 0.25) is 0 Å². The number of nitrogens with one attached hydrogen (secondary N) is 1. The van der Waals surface area contributed by atoms with Gasteiger partial charge in [0.25, 0.3) is 0 Å². The van der Waals surface area contributed by atoms with Gasteiger partial charge in [0.05, 0.1) is 18.1 Å². The lowest BCUT2D eigenvalue weighted by atomic mass is 10.1. The predicted molar refractivity (Wildman–Crippen MR) is 91.2 cm³/mol. The van der Waals surface area contributed by atoms with Crippen LogP contribution in [0.15, 0.2) is 18.2 Å². The Balaban J connectivity index is 2.35. The van der Waals surface area contributed by atoms with Crippen LogP contribution in [-0.2, 0) is 0 Å². The van der Waals surface area contributed by atoms with Crippen LogP contribution < -0.4 is 9.47 Å². The Morgan fingerprint density at radius 1 is 1.24 bits per heavy atom. The van der Waals surface area contributed by atoms with E-state index in [1.165, 1.54) is 0 Å². The van der Waals surface area contributed by atoms with Gasteiger partial charge in [-0.25, -0.2) is 0 Å². The fourth-order valence-corrected chi connectivity index (χ4v) is 3.21. The average Bonchev–Trinajstić information content (AvgIpc) is 2.76. The molecule has 0 aliphatic rings. The largest absolute Gasteiger partial charge is 0.490 e. The minimum atomic E-state index is 0.482. The molecule has 0 radical (unpaired) electrons. The van der Waals surface area contributed by atoms with Crippen LogP contribution >= 0.6 is 23.6 Å². The highest BCUT2D eigenvalue weighted by atomic mass is 32.1. The molecule has 0 amide bonds. The van der Waals surface area contributed by atoms with E-state index in [4.69, 9.17) is 21.7 Å². The van der Waals surface area contributed by atoms with Crippen molar-refractivity contribution in [3.05, 3.63) is 27.8 Å². The van der Waals surface area contributed by atoms with Crippen LogP contribution in [0.3, 0.4) is 0 Å². The van der Waals surface area contributed by atoms with E-state index in [2.05, 4.69) is 24.9 Å². The third-order valence-electron chi connectivity index (χ3n) is 2.90. The van der Waals surface area contributed by atoms with Gasteiger partial charge < -0.3 is 14.5 Å². The molecule has 0 unspecified atom stereocenters. The molecular weight excluding hydrogens is 302 g/mol. The number of aryl methyl sites for hydroxylation is 1. The van der Waals surface area contributed by atoms with E-state index in [9.17, 15) is 0 Å². The lowest BCUT2D eigenvalue weighted by Crippen LogP contribution is -2.06. The molecular formula is C16H21NO2S2. The van der Waals surface area contributed by atoms with Gasteiger partial charge in [-0.05, 0) is 55.7 Å². The first-order chi connectivity index (χ1) is 10.0. The molecule has 0 spiro atoms. The average molecular weight is 323 g/mol. The van der Waals surface area contributed by atoms with Crippen LogP contribution in [0, 0.1) is 16.8 Å². The summed E-state index contributed by atoms with van der Waals surface area (Å²) in [6.07, 6.45) is 0. The normalized spacial score (nSPS) is 10.9. The highest BCUT2D eigenvalue weighted by molar-refractivity contribution is 7.73. The van der Waals surface area contributed by atoms with Crippen molar-refractivity contribution in [1.29, 1.82) is 0 Å². The number of rotatable bonds is 6. The van der Waals surface area contributed by atoms with Crippen molar-refractivity contribution in [2.75, 3.05) is 13.2 Å². The van der Waals surface area contributed by atoms with Gasteiger partial charge in [-0.2, -0.15) is 0 Å². The molecule has 0 atom stereocenters. The summed E-state index contributed by atoms with van der Waals surface area (Å²) in [7, 11) is 0. The fraction of sp³-hybridized carbons (Fsp3) is 0.438. The molecule has 1 heterocycles. The Labute approximate surface area is 134 Å². The molecule has 0 saturated heterocycles. The summed E-state index contributed by atoms with van der Waals surface area (Å²) in [5, 5.41) is 0. The second-order valence-corrected chi connectivity index (χ2v) is 6.96. The van der Waals surface area contributed by atoms with Crippen LogP contribution in [0.1, 0.15) is 26.5 Å². The number of thiazole rings is 1. The van der Waals surface area contributed by atoms with Crippen molar-refractivity contribution in [2.24, 2.45) is 5.92 Å². The fourth-order valence-electron chi connectivity index (χ4n) is 1.97. The number of H-pyrrole nitrogens is 1. The summed E-state index contributed by atoms with van der Waals surface area (Å²) in [5.41, 5.74) is 2.19. The number of hydrogen-bond acceptors (Lipinski definition) is 4. The van der Waals surface area contributed by atoms with E-state index in [1.807, 2.05) is 26.0 Å². The van der Waals surface area contributed by atoms with Crippen molar-refractivity contribution >= 4 is 23.6 Å². The number of ether oxygens (including phenoxy) is 2. The predicted octanol–water partition coefficient (Wildman–Crippen LogP) is 5.21. The zero-order valence-corrected chi connectivity index (χ0v) is 14.5. The SMILES string of the molecule is CCOc1cc(-c2sc(=S)[nH]c2C)ccc1OCC(C)C. The summed E-state index contributed by atoms with van der Waals surface area (Å²) in [6.45, 7) is 9.57. The Morgan fingerprint density at radius 3 is 2.57 bits per heavy atom. The van der Waals surface area contributed by atoms with Gasteiger partial charge in [0.1, 0.15) is 0 Å². The molecule has 3 nitrogen and oxygen atoms in total. The van der Waals surface area contributed by atoms with Crippen LogP contribution in [-0.4, -0.2) is 18.2 Å². The van der Waals surface area contributed by atoms with E-state index in [-0.39, 0.29) is 0 Å². The van der Waals surface area contributed by atoms with E-state index >= 15 is 0 Å².